The zero-order chi connectivity index (χ0) is 15.5. The van der Waals surface area contributed by atoms with Crippen LogP contribution in [0.25, 0.3) is 0 Å². The lowest BCUT2D eigenvalue weighted by Crippen LogP contribution is -2.50. The van der Waals surface area contributed by atoms with E-state index in [1.165, 1.54) is 0 Å². The van der Waals surface area contributed by atoms with Gasteiger partial charge >= 0.3 is 12.0 Å². The highest BCUT2D eigenvalue weighted by molar-refractivity contribution is 7.98. The monoisotopic (exact) mass is 306 g/mol. The molecule has 0 aromatic heterocycles. The molecule has 0 fully saturated rings. The van der Waals surface area contributed by atoms with Crippen molar-refractivity contribution in [2.75, 3.05) is 38.8 Å². The second-order valence-electron chi connectivity index (χ2n) is 4.95. The summed E-state index contributed by atoms with van der Waals surface area (Å²) >= 11 is 1.56. The Labute approximate surface area is 125 Å². The summed E-state index contributed by atoms with van der Waals surface area (Å²) in [6.07, 6.45) is 2.33. The average Bonchev–Trinajstić information content (AvgIpc) is 2.38. The molecule has 0 aliphatic heterocycles. The van der Waals surface area contributed by atoms with E-state index in [0.29, 0.717) is 37.8 Å². The Morgan fingerprint density at radius 3 is 2.50 bits per heavy atom. The summed E-state index contributed by atoms with van der Waals surface area (Å²) in [6.45, 7) is 5.48. The van der Waals surface area contributed by atoms with Crippen LogP contribution >= 0.6 is 11.8 Å². The van der Waals surface area contributed by atoms with Crippen molar-refractivity contribution in [2.24, 2.45) is 5.92 Å². The summed E-state index contributed by atoms with van der Waals surface area (Å²) in [7, 11) is 1.57. The summed E-state index contributed by atoms with van der Waals surface area (Å²) in [5, 5.41) is 11.7. The molecule has 0 aliphatic carbocycles. The Morgan fingerprint density at radius 2 is 2.05 bits per heavy atom. The van der Waals surface area contributed by atoms with E-state index in [9.17, 15) is 9.59 Å². The molecule has 0 unspecified atom stereocenters. The molecule has 0 saturated heterocycles. The molecular formula is C13H26N2O4S. The number of nitrogens with one attached hydrogen (secondary N) is 1. The van der Waals surface area contributed by atoms with Gasteiger partial charge in [-0.2, -0.15) is 11.8 Å². The molecule has 118 valence electrons. The molecule has 7 heteroatoms. The molecule has 1 atom stereocenters. The fourth-order valence-electron chi connectivity index (χ4n) is 1.65. The molecule has 2 amide bonds. The van der Waals surface area contributed by atoms with Crippen LogP contribution in [0.5, 0.6) is 0 Å². The van der Waals surface area contributed by atoms with Crippen LogP contribution < -0.4 is 5.32 Å². The minimum Gasteiger partial charge on any atom is -0.480 e. The molecular weight excluding hydrogens is 280 g/mol. The lowest BCUT2D eigenvalue weighted by Gasteiger charge is -2.26. The molecule has 0 bridgehead atoms. The van der Waals surface area contributed by atoms with Crippen molar-refractivity contribution in [3.05, 3.63) is 0 Å². The number of aliphatic carboxylic acids is 1. The van der Waals surface area contributed by atoms with Gasteiger partial charge in [0.15, 0.2) is 0 Å². The van der Waals surface area contributed by atoms with Crippen LogP contribution in [0, 0.1) is 5.92 Å². The predicted octanol–water partition coefficient (Wildman–Crippen LogP) is 1.51. The van der Waals surface area contributed by atoms with E-state index in [1.54, 1.807) is 23.8 Å². The van der Waals surface area contributed by atoms with E-state index < -0.39 is 12.0 Å². The number of methoxy groups -OCH3 is 1. The van der Waals surface area contributed by atoms with Gasteiger partial charge in [0.05, 0.1) is 6.61 Å². The van der Waals surface area contributed by atoms with Crippen molar-refractivity contribution in [3.8, 4) is 0 Å². The number of rotatable bonds is 10. The topological polar surface area (TPSA) is 78.9 Å². The van der Waals surface area contributed by atoms with Gasteiger partial charge in [-0.05, 0) is 24.3 Å². The number of carboxylic acids is 1. The minimum atomic E-state index is -0.997. The molecule has 20 heavy (non-hydrogen) atoms. The van der Waals surface area contributed by atoms with Crippen LogP contribution in [0.2, 0.25) is 0 Å². The first-order chi connectivity index (χ1) is 9.42. The number of carbonyl (C=O) groups is 2. The number of urea groups is 1. The van der Waals surface area contributed by atoms with Crippen LogP contribution in [-0.4, -0.2) is 66.9 Å². The SMILES string of the molecule is COCCN(CC(C)C)C(=O)N[C@H](CCSC)C(=O)O. The smallest absolute Gasteiger partial charge is 0.326 e. The normalized spacial score (nSPS) is 12.2. The fraction of sp³-hybridized carbons (Fsp3) is 0.846. The molecule has 0 heterocycles. The van der Waals surface area contributed by atoms with Gasteiger partial charge in [0.25, 0.3) is 0 Å². The number of nitrogens with zero attached hydrogens (tertiary/aromatic N) is 1. The maximum atomic E-state index is 12.2. The summed E-state index contributed by atoms with van der Waals surface area (Å²) in [5.74, 6) is 0.00943. The Morgan fingerprint density at radius 1 is 1.40 bits per heavy atom. The number of carbonyl (C=O) groups excluding carboxylic acids is 1. The van der Waals surface area contributed by atoms with E-state index in [2.05, 4.69) is 5.32 Å². The lowest BCUT2D eigenvalue weighted by atomic mass is 10.2. The first-order valence-electron chi connectivity index (χ1n) is 6.68. The van der Waals surface area contributed by atoms with Gasteiger partial charge in [0, 0.05) is 20.2 Å². The number of carboxylic acid groups (broad SMARTS) is 1. The minimum absolute atomic E-state index is 0.312. The third kappa shape index (κ3) is 8.27. The van der Waals surface area contributed by atoms with Crippen molar-refractivity contribution in [1.82, 2.24) is 10.2 Å². The van der Waals surface area contributed by atoms with E-state index in [1.807, 2.05) is 20.1 Å². The van der Waals surface area contributed by atoms with Gasteiger partial charge in [0.1, 0.15) is 6.04 Å². The number of ether oxygens (including phenoxy) is 1. The molecule has 6 nitrogen and oxygen atoms in total. The van der Waals surface area contributed by atoms with Gasteiger partial charge < -0.3 is 20.1 Å². The van der Waals surface area contributed by atoms with E-state index in [-0.39, 0.29) is 6.03 Å². The van der Waals surface area contributed by atoms with Gasteiger partial charge in [-0.25, -0.2) is 9.59 Å². The van der Waals surface area contributed by atoms with Crippen molar-refractivity contribution in [2.45, 2.75) is 26.3 Å². The molecule has 0 radical (unpaired) electrons. The van der Waals surface area contributed by atoms with Crippen molar-refractivity contribution < 1.29 is 19.4 Å². The number of amides is 2. The first-order valence-corrected chi connectivity index (χ1v) is 8.07. The highest BCUT2D eigenvalue weighted by atomic mass is 32.2. The highest BCUT2D eigenvalue weighted by Gasteiger charge is 2.23. The maximum absolute atomic E-state index is 12.2. The van der Waals surface area contributed by atoms with E-state index in [4.69, 9.17) is 9.84 Å². The standard InChI is InChI=1S/C13H26N2O4S/c1-10(2)9-15(6-7-19-3)13(18)14-11(12(16)17)5-8-20-4/h10-11H,5-9H2,1-4H3,(H,14,18)(H,16,17)/t11-/m1/s1. The lowest BCUT2D eigenvalue weighted by molar-refractivity contribution is -0.139. The van der Waals surface area contributed by atoms with Crippen molar-refractivity contribution in [3.63, 3.8) is 0 Å². The third-order valence-corrected chi connectivity index (χ3v) is 3.29. The summed E-state index contributed by atoms with van der Waals surface area (Å²) in [6, 6.07) is -1.18. The van der Waals surface area contributed by atoms with Gasteiger partial charge in [-0.1, -0.05) is 13.8 Å². The van der Waals surface area contributed by atoms with Gasteiger partial charge in [0.2, 0.25) is 0 Å². The molecule has 0 aromatic carbocycles. The van der Waals surface area contributed by atoms with Crippen molar-refractivity contribution in [1.29, 1.82) is 0 Å². The molecule has 0 aliphatic rings. The Bertz CT molecular complexity index is 300. The zero-order valence-corrected chi connectivity index (χ0v) is 13.5. The van der Waals surface area contributed by atoms with Crippen LogP contribution in [0.4, 0.5) is 4.79 Å². The Balaban J connectivity index is 4.55. The Hall–Kier alpha value is -0.950. The average molecular weight is 306 g/mol. The quantitative estimate of drug-likeness (QED) is 0.639. The largest absolute Gasteiger partial charge is 0.480 e. The third-order valence-electron chi connectivity index (χ3n) is 2.64. The summed E-state index contributed by atoms with van der Waals surface area (Å²) in [4.78, 5) is 24.9. The second-order valence-corrected chi connectivity index (χ2v) is 5.94. The van der Waals surface area contributed by atoms with Gasteiger partial charge in [-0.15, -0.1) is 0 Å². The predicted molar refractivity (Wildman–Crippen MR) is 81.2 cm³/mol. The number of thioether (sulfide) groups is 1. The number of hydrogen-bond acceptors (Lipinski definition) is 4. The van der Waals surface area contributed by atoms with Crippen LogP contribution in [0.1, 0.15) is 20.3 Å². The fourth-order valence-corrected chi connectivity index (χ4v) is 2.12. The van der Waals surface area contributed by atoms with Crippen molar-refractivity contribution >= 4 is 23.8 Å². The zero-order valence-electron chi connectivity index (χ0n) is 12.7. The molecule has 2 N–H and O–H groups in total. The van der Waals surface area contributed by atoms with Crippen LogP contribution in [0.15, 0.2) is 0 Å². The highest BCUT2D eigenvalue weighted by Crippen LogP contribution is 2.04. The molecule has 0 saturated carbocycles. The number of hydrogen-bond donors (Lipinski definition) is 2. The first kappa shape index (κ1) is 19.1. The second kappa shape index (κ2) is 10.8. The molecule has 0 aromatic rings. The molecule has 0 spiro atoms. The van der Waals surface area contributed by atoms with Crippen LogP contribution in [0.3, 0.4) is 0 Å². The summed E-state index contributed by atoms with van der Waals surface area (Å²) < 4.78 is 4.98. The maximum Gasteiger partial charge on any atom is 0.326 e. The van der Waals surface area contributed by atoms with Crippen LogP contribution in [-0.2, 0) is 9.53 Å². The summed E-state index contributed by atoms with van der Waals surface area (Å²) in [5.41, 5.74) is 0. The Kier molecular flexibility index (Phi) is 10.3. The molecule has 0 rings (SSSR count). The van der Waals surface area contributed by atoms with Gasteiger partial charge in [-0.3, -0.25) is 0 Å². The van der Waals surface area contributed by atoms with E-state index >= 15 is 0 Å². The van der Waals surface area contributed by atoms with E-state index in [0.717, 1.165) is 0 Å².